The Morgan fingerprint density at radius 2 is 2.08 bits per heavy atom. The van der Waals surface area contributed by atoms with Crippen LogP contribution in [0.2, 0.25) is 0 Å². The Labute approximate surface area is 141 Å². The molecule has 0 bridgehead atoms. The van der Waals surface area contributed by atoms with E-state index in [9.17, 15) is 9.59 Å². The molecule has 126 valence electrons. The van der Waals surface area contributed by atoms with Crippen LogP contribution in [0.4, 0.5) is 0 Å². The second kappa shape index (κ2) is 7.40. The SMILES string of the molecule is CCCN(C(=O)c1ccc(=O)n(-c2ccccc2)n1)C1CCNC1. The van der Waals surface area contributed by atoms with E-state index < -0.39 is 0 Å². The highest BCUT2D eigenvalue weighted by Gasteiger charge is 2.27. The number of aromatic nitrogens is 2. The molecule has 0 aliphatic carbocycles. The summed E-state index contributed by atoms with van der Waals surface area (Å²) in [5.74, 6) is -0.116. The fourth-order valence-corrected chi connectivity index (χ4v) is 3.02. The van der Waals surface area contributed by atoms with Crippen molar-refractivity contribution in [1.82, 2.24) is 20.0 Å². The monoisotopic (exact) mass is 326 g/mol. The highest BCUT2D eigenvalue weighted by molar-refractivity contribution is 5.92. The van der Waals surface area contributed by atoms with Crippen molar-refractivity contribution < 1.29 is 4.79 Å². The van der Waals surface area contributed by atoms with Gasteiger partial charge in [0.15, 0.2) is 0 Å². The molecule has 0 spiro atoms. The first-order valence-electron chi connectivity index (χ1n) is 8.38. The van der Waals surface area contributed by atoms with Crippen molar-refractivity contribution in [2.24, 2.45) is 0 Å². The molecule has 0 radical (unpaired) electrons. The zero-order valence-electron chi connectivity index (χ0n) is 13.8. The molecular weight excluding hydrogens is 304 g/mol. The van der Waals surface area contributed by atoms with Crippen LogP contribution < -0.4 is 10.9 Å². The number of nitrogens with one attached hydrogen (secondary N) is 1. The van der Waals surface area contributed by atoms with Gasteiger partial charge < -0.3 is 10.2 Å². The highest BCUT2D eigenvalue weighted by atomic mass is 16.2. The van der Waals surface area contributed by atoms with E-state index in [-0.39, 0.29) is 17.5 Å². The second-order valence-electron chi connectivity index (χ2n) is 5.95. The first-order valence-corrected chi connectivity index (χ1v) is 8.38. The fourth-order valence-electron chi connectivity index (χ4n) is 3.02. The Kier molecular flexibility index (Phi) is 5.05. The van der Waals surface area contributed by atoms with Crippen molar-refractivity contribution in [2.45, 2.75) is 25.8 Å². The third-order valence-electron chi connectivity index (χ3n) is 4.22. The average Bonchev–Trinajstić information content (AvgIpc) is 3.14. The normalized spacial score (nSPS) is 17.0. The van der Waals surface area contributed by atoms with E-state index in [1.54, 1.807) is 12.1 Å². The highest BCUT2D eigenvalue weighted by Crippen LogP contribution is 2.13. The molecule has 3 rings (SSSR count). The molecule has 1 unspecified atom stereocenters. The van der Waals surface area contributed by atoms with Gasteiger partial charge in [-0.25, -0.2) is 0 Å². The van der Waals surface area contributed by atoms with Crippen LogP contribution in [0.3, 0.4) is 0 Å². The zero-order valence-corrected chi connectivity index (χ0v) is 13.8. The van der Waals surface area contributed by atoms with Gasteiger partial charge in [-0.2, -0.15) is 9.78 Å². The van der Waals surface area contributed by atoms with Crippen molar-refractivity contribution in [3.63, 3.8) is 0 Å². The topological polar surface area (TPSA) is 67.2 Å². The van der Waals surface area contributed by atoms with E-state index in [2.05, 4.69) is 17.3 Å². The van der Waals surface area contributed by atoms with Crippen LogP contribution in [-0.2, 0) is 0 Å². The average molecular weight is 326 g/mol. The van der Waals surface area contributed by atoms with E-state index in [4.69, 9.17) is 0 Å². The van der Waals surface area contributed by atoms with Gasteiger partial charge in [-0.1, -0.05) is 25.1 Å². The van der Waals surface area contributed by atoms with Gasteiger partial charge in [-0.15, -0.1) is 0 Å². The quantitative estimate of drug-likeness (QED) is 0.903. The number of amides is 1. The summed E-state index contributed by atoms with van der Waals surface area (Å²) in [6, 6.07) is 12.3. The molecule has 1 aromatic carbocycles. The lowest BCUT2D eigenvalue weighted by atomic mass is 10.2. The molecule has 1 aromatic heterocycles. The summed E-state index contributed by atoms with van der Waals surface area (Å²) in [6.45, 7) is 4.48. The Morgan fingerprint density at radius 3 is 2.75 bits per heavy atom. The van der Waals surface area contributed by atoms with Gasteiger partial charge >= 0.3 is 0 Å². The molecule has 6 nitrogen and oxygen atoms in total. The number of hydrogen-bond donors (Lipinski definition) is 1. The van der Waals surface area contributed by atoms with Crippen LogP contribution in [0.1, 0.15) is 30.3 Å². The Hall–Kier alpha value is -2.47. The van der Waals surface area contributed by atoms with Crippen LogP contribution in [0.25, 0.3) is 5.69 Å². The molecule has 1 atom stereocenters. The minimum Gasteiger partial charge on any atom is -0.333 e. The van der Waals surface area contributed by atoms with Gasteiger partial charge in [-0.3, -0.25) is 9.59 Å². The van der Waals surface area contributed by atoms with Gasteiger partial charge in [-0.05, 0) is 37.6 Å². The molecule has 1 fully saturated rings. The largest absolute Gasteiger partial charge is 0.333 e. The standard InChI is InChI=1S/C18H22N4O2/c1-2-12-21(15-10-11-19-13-15)18(24)16-8-9-17(23)22(20-16)14-6-4-3-5-7-14/h3-9,15,19H,2,10-13H2,1H3. The van der Waals surface area contributed by atoms with Gasteiger partial charge in [0.25, 0.3) is 11.5 Å². The van der Waals surface area contributed by atoms with Crippen LogP contribution in [0.5, 0.6) is 0 Å². The number of hydrogen-bond acceptors (Lipinski definition) is 4. The minimum absolute atomic E-state index is 0.116. The van der Waals surface area contributed by atoms with Crippen molar-refractivity contribution >= 4 is 5.91 Å². The number of benzene rings is 1. The maximum absolute atomic E-state index is 12.9. The molecule has 6 heteroatoms. The lowest BCUT2D eigenvalue weighted by Gasteiger charge is -2.28. The van der Waals surface area contributed by atoms with Gasteiger partial charge in [0.1, 0.15) is 5.69 Å². The van der Waals surface area contributed by atoms with Gasteiger partial charge in [0.05, 0.1) is 5.69 Å². The first kappa shape index (κ1) is 16.4. The summed E-state index contributed by atoms with van der Waals surface area (Å²) in [5, 5.41) is 7.60. The first-order chi connectivity index (χ1) is 11.7. The molecule has 1 N–H and O–H groups in total. The minimum atomic E-state index is -0.248. The molecule has 1 aliphatic heterocycles. The summed E-state index contributed by atoms with van der Waals surface area (Å²) in [4.78, 5) is 26.9. The van der Waals surface area contributed by atoms with E-state index in [0.717, 1.165) is 25.9 Å². The van der Waals surface area contributed by atoms with Crippen molar-refractivity contribution in [1.29, 1.82) is 0 Å². The third kappa shape index (κ3) is 3.38. The summed E-state index contributed by atoms with van der Waals surface area (Å²) in [5.41, 5.74) is 0.711. The molecule has 1 aliphatic rings. The molecular formula is C18H22N4O2. The predicted molar refractivity (Wildman–Crippen MR) is 92.4 cm³/mol. The fraction of sp³-hybridized carbons (Fsp3) is 0.389. The van der Waals surface area contributed by atoms with E-state index in [1.807, 2.05) is 23.1 Å². The number of nitrogens with zero attached hydrogens (tertiary/aromatic N) is 3. The smallest absolute Gasteiger partial charge is 0.274 e. The molecule has 1 saturated heterocycles. The zero-order chi connectivity index (χ0) is 16.9. The maximum atomic E-state index is 12.9. The van der Waals surface area contributed by atoms with Gasteiger partial charge in [0, 0.05) is 25.2 Å². The van der Waals surface area contributed by atoms with Crippen LogP contribution in [0, 0.1) is 0 Å². The lowest BCUT2D eigenvalue weighted by Crippen LogP contribution is -2.43. The van der Waals surface area contributed by atoms with Gasteiger partial charge in [0.2, 0.25) is 0 Å². The third-order valence-corrected chi connectivity index (χ3v) is 4.22. The van der Waals surface area contributed by atoms with Crippen molar-refractivity contribution in [3.8, 4) is 5.69 Å². The molecule has 2 aromatic rings. The van der Waals surface area contributed by atoms with Crippen LogP contribution in [-0.4, -0.2) is 46.3 Å². The molecule has 2 heterocycles. The predicted octanol–water partition coefficient (Wildman–Crippen LogP) is 1.45. The van der Waals surface area contributed by atoms with Crippen molar-refractivity contribution in [3.05, 3.63) is 58.5 Å². The van der Waals surface area contributed by atoms with Crippen LogP contribution in [0.15, 0.2) is 47.3 Å². The summed E-state index contributed by atoms with van der Waals surface area (Å²) in [7, 11) is 0. The summed E-state index contributed by atoms with van der Waals surface area (Å²) < 4.78 is 1.28. The molecule has 24 heavy (non-hydrogen) atoms. The summed E-state index contributed by atoms with van der Waals surface area (Å²) >= 11 is 0. The Bertz CT molecular complexity index is 751. The number of carbonyl (C=O) groups excluding carboxylic acids is 1. The molecule has 1 amide bonds. The Balaban J connectivity index is 1.93. The second-order valence-corrected chi connectivity index (χ2v) is 5.95. The van der Waals surface area contributed by atoms with E-state index in [1.165, 1.54) is 16.8 Å². The molecule has 0 saturated carbocycles. The Morgan fingerprint density at radius 1 is 1.29 bits per heavy atom. The number of carbonyl (C=O) groups is 1. The lowest BCUT2D eigenvalue weighted by molar-refractivity contribution is 0.0684. The van der Waals surface area contributed by atoms with E-state index >= 15 is 0 Å². The number of para-hydroxylation sites is 1. The summed E-state index contributed by atoms with van der Waals surface area (Å²) in [6.07, 6.45) is 1.84. The van der Waals surface area contributed by atoms with E-state index in [0.29, 0.717) is 17.9 Å². The maximum Gasteiger partial charge on any atom is 0.274 e. The van der Waals surface area contributed by atoms with Crippen LogP contribution >= 0.6 is 0 Å². The van der Waals surface area contributed by atoms with Crippen molar-refractivity contribution in [2.75, 3.05) is 19.6 Å². The number of rotatable bonds is 5.